The normalized spacial score (nSPS) is 10.8. The molecule has 2 aromatic heterocycles. The summed E-state index contributed by atoms with van der Waals surface area (Å²) < 4.78 is 0. The highest BCUT2D eigenvalue weighted by atomic mass is 16.3. The first kappa shape index (κ1) is 13.5. The Morgan fingerprint density at radius 1 is 0.739 bits per heavy atom. The van der Waals surface area contributed by atoms with E-state index in [0.29, 0.717) is 0 Å². The average molecular weight is 298 g/mol. The summed E-state index contributed by atoms with van der Waals surface area (Å²) in [5, 5.41) is 10.8. The van der Waals surface area contributed by atoms with E-state index in [-0.39, 0.29) is 5.75 Å². The Hall–Kier alpha value is -3.20. The Labute approximate surface area is 133 Å². The molecule has 0 radical (unpaired) electrons. The molecule has 23 heavy (non-hydrogen) atoms. The molecule has 4 aromatic rings. The van der Waals surface area contributed by atoms with Crippen LogP contribution in [0.3, 0.4) is 0 Å². The SMILES string of the molecule is Oc1ccc2nc(-c3ccccn3)cc(-c3ccccc3)c2c1. The number of hydrogen-bond donors (Lipinski definition) is 1. The van der Waals surface area contributed by atoms with Gasteiger partial charge in [0.15, 0.2) is 0 Å². The molecule has 0 aliphatic heterocycles. The molecule has 0 unspecified atom stereocenters. The van der Waals surface area contributed by atoms with Crippen molar-refractivity contribution in [2.45, 2.75) is 0 Å². The molecule has 0 spiro atoms. The van der Waals surface area contributed by atoms with Gasteiger partial charge in [0.05, 0.1) is 16.9 Å². The van der Waals surface area contributed by atoms with Crippen LogP contribution in [-0.2, 0) is 0 Å². The molecule has 0 atom stereocenters. The van der Waals surface area contributed by atoms with E-state index in [1.807, 2.05) is 48.5 Å². The highest BCUT2D eigenvalue weighted by molar-refractivity contribution is 5.97. The molecule has 110 valence electrons. The van der Waals surface area contributed by atoms with Crippen molar-refractivity contribution in [3.8, 4) is 28.3 Å². The van der Waals surface area contributed by atoms with Gasteiger partial charge >= 0.3 is 0 Å². The van der Waals surface area contributed by atoms with Crippen LogP contribution in [0.2, 0.25) is 0 Å². The van der Waals surface area contributed by atoms with Gasteiger partial charge in [0.1, 0.15) is 5.75 Å². The van der Waals surface area contributed by atoms with E-state index in [0.717, 1.165) is 33.4 Å². The van der Waals surface area contributed by atoms with Crippen LogP contribution in [0.4, 0.5) is 0 Å². The zero-order valence-corrected chi connectivity index (χ0v) is 12.3. The molecule has 0 amide bonds. The lowest BCUT2D eigenvalue weighted by Gasteiger charge is -2.10. The fourth-order valence-electron chi connectivity index (χ4n) is 2.72. The van der Waals surface area contributed by atoms with Gasteiger partial charge in [-0.1, -0.05) is 36.4 Å². The van der Waals surface area contributed by atoms with Crippen molar-refractivity contribution >= 4 is 10.9 Å². The van der Waals surface area contributed by atoms with Crippen molar-refractivity contribution in [3.63, 3.8) is 0 Å². The van der Waals surface area contributed by atoms with E-state index in [1.165, 1.54) is 0 Å². The van der Waals surface area contributed by atoms with Gasteiger partial charge < -0.3 is 5.11 Å². The van der Waals surface area contributed by atoms with Crippen molar-refractivity contribution in [2.24, 2.45) is 0 Å². The lowest BCUT2D eigenvalue weighted by Crippen LogP contribution is -1.91. The van der Waals surface area contributed by atoms with Crippen LogP contribution in [0.15, 0.2) is 79.0 Å². The number of aromatic nitrogens is 2. The molecule has 0 bridgehead atoms. The maximum atomic E-state index is 9.85. The minimum Gasteiger partial charge on any atom is -0.508 e. The maximum absolute atomic E-state index is 9.85. The van der Waals surface area contributed by atoms with Crippen molar-refractivity contribution in [3.05, 3.63) is 79.0 Å². The lowest BCUT2D eigenvalue weighted by atomic mass is 9.99. The third kappa shape index (κ3) is 2.53. The van der Waals surface area contributed by atoms with E-state index in [1.54, 1.807) is 18.3 Å². The van der Waals surface area contributed by atoms with E-state index in [4.69, 9.17) is 4.98 Å². The zero-order valence-electron chi connectivity index (χ0n) is 12.3. The topological polar surface area (TPSA) is 46.0 Å². The number of rotatable bonds is 2. The second kappa shape index (κ2) is 5.54. The second-order valence-corrected chi connectivity index (χ2v) is 5.34. The summed E-state index contributed by atoms with van der Waals surface area (Å²) in [7, 11) is 0. The van der Waals surface area contributed by atoms with E-state index < -0.39 is 0 Å². The van der Waals surface area contributed by atoms with Gasteiger partial charge in [-0.15, -0.1) is 0 Å². The molecular weight excluding hydrogens is 284 g/mol. The minimum absolute atomic E-state index is 0.238. The number of nitrogens with zero attached hydrogens (tertiary/aromatic N) is 2. The number of pyridine rings is 2. The van der Waals surface area contributed by atoms with Crippen LogP contribution in [0.25, 0.3) is 33.4 Å². The lowest BCUT2D eigenvalue weighted by molar-refractivity contribution is 0.476. The largest absolute Gasteiger partial charge is 0.508 e. The number of fused-ring (bicyclic) bond motifs is 1. The standard InChI is InChI=1S/C20H14N2O/c23-15-9-10-18-17(12-15)16(14-6-2-1-3-7-14)13-20(22-18)19-8-4-5-11-21-19/h1-13,23H. The highest BCUT2D eigenvalue weighted by Crippen LogP contribution is 2.33. The molecule has 0 aliphatic rings. The van der Waals surface area contributed by atoms with Gasteiger partial charge in [-0.05, 0) is 47.5 Å². The van der Waals surface area contributed by atoms with Crippen LogP contribution in [0.5, 0.6) is 5.75 Å². The summed E-state index contributed by atoms with van der Waals surface area (Å²) in [5.41, 5.74) is 4.61. The average Bonchev–Trinajstić information content (AvgIpc) is 2.62. The molecule has 0 saturated carbocycles. The Bertz CT molecular complexity index is 967. The number of benzene rings is 2. The maximum Gasteiger partial charge on any atom is 0.116 e. The third-order valence-corrected chi connectivity index (χ3v) is 3.80. The first-order chi connectivity index (χ1) is 11.3. The Kier molecular flexibility index (Phi) is 3.24. The smallest absolute Gasteiger partial charge is 0.116 e. The Morgan fingerprint density at radius 2 is 1.57 bits per heavy atom. The van der Waals surface area contributed by atoms with Crippen LogP contribution >= 0.6 is 0 Å². The summed E-state index contributed by atoms with van der Waals surface area (Å²) >= 11 is 0. The summed E-state index contributed by atoms with van der Waals surface area (Å²) in [6, 6.07) is 23.2. The molecule has 4 rings (SSSR count). The van der Waals surface area contributed by atoms with Gasteiger partial charge in [-0.3, -0.25) is 4.98 Å². The first-order valence-electron chi connectivity index (χ1n) is 7.42. The fraction of sp³-hybridized carbons (Fsp3) is 0. The Morgan fingerprint density at radius 3 is 2.35 bits per heavy atom. The summed E-state index contributed by atoms with van der Waals surface area (Å²) in [5.74, 6) is 0.238. The predicted molar refractivity (Wildman–Crippen MR) is 92.1 cm³/mol. The zero-order chi connectivity index (χ0) is 15.6. The molecule has 0 saturated heterocycles. The van der Waals surface area contributed by atoms with Gasteiger partial charge in [-0.25, -0.2) is 4.98 Å². The quantitative estimate of drug-likeness (QED) is 0.585. The van der Waals surface area contributed by atoms with Gasteiger partial charge in [0.25, 0.3) is 0 Å². The number of phenolic OH excluding ortho intramolecular Hbond substituents is 1. The van der Waals surface area contributed by atoms with Crippen molar-refractivity contribution in [2.75, 3.05) is 0 Å². The minimum atomic E-state index is 0.238. The van der Waals surface area contributed by atoms with Crippen molar-refractivity contribution < 1.29 is 5.11 Å². The predicted octanol–water partition coefficient (Wildman–Crippen LogP) is 4.67. The molecular formula is C20H14N2O. The summed E-state index contributed by atoms with van der Waals surface area (Å²) in [4.78, 5) is 9.10. The Balaban J connectivity index is 2.04. The van der Waals surface area contributed by atoms with Crippen LogP contribution in [0, 0.1) is 0 Å². The summed E-state index contributed by atoms with van der Waals surface area (Å²) in [6.45, 7) is 0. The van der Waals surface area contributed by atoms with Crippen molar-refractivity contribution in [1.29, 1.82) is 0 Å². The first-order valence-corrected chi connectivity index (χ1v) is 7.42. The molecule has 0 fully saturated rings. The van der Waals surface area contributed by atoms with Gasteiger partial charge in [0.2, 0.25) is 0 Å². The summed E-state index contributed by atoms with van der Waals surface area (Å²) in [6.07, 6.45) is 1.76. The molecule has 1 N–H and O–H groups in total. The van der Waals surface area contributed by atoms with Gasteiger partial charge in [-0.2, -0.15) is 0 Å². The number of aromatic hydroxyl groups is 1. The van der Waals surface area contributed by atoms with Crippen LogP contribution < -0.4 is 0 Å². The molecule has 2 aromatic carbocycles. The molecule has 3 heteroatoms. The van der Waals surface area contributed by atoms with Gasteiger partial charge in [0, 0.05) is 11.6 Å². The van der Waals surface area contributed by atoms with Crippen molar-refractivity contribution in [1.82, 2.24) is 9.97 Å². The fourth-order valence-corrected chi connectivity index (χ4v) is 2.72. The number of hydrogen-bond acceptors (Lipinski definition) is 3. The van der Waals surface area contributed by atoms with E-state index in [9.17, 15) is 5.11 Å². The van der Waals surface area contributed by atoms with Crippen LogP contribution in [-0.4, -0.2) is 15.1 Å². The second-order valence-electron chi connectivity index (χ2n) is 5.34. The molecule has 2 heterocycles. The molecule has 0 aliphatic carbocycles. The van der Waals surface area contributed by atoms with Crippen LogP contribution in [0.1, 0.15) is 0 Å². The van der Waals surface area contributed by atoms with E-state index >= 15 is 0 Å². The monoisotopic (exact) mass is 298 g/mol. The number of phenols is 1. The third-order valence-electron chi connectivity index (χ3n) is 3.80. The highest BCUT2D eigenvalue weighted by Gasteiger charge is 2.10. The van der Waals surface area contributed by atoms with E-state index in [2.05, 4.69) is 17.1 Å². The molecule has 3 nitrogen and oxygen atoms in total.